The van der Waals surface area contributed by atoms with E-state index in [2.05, 4.69) is 22.2 Å². The Morgan fingerprint density at radius 3 is 2.96 bits per heavy atom. The van der Waals surface area contributed by atoms with Gasteiger partial charge in [-0.15, -0.1) is 0 Å². The summed E-state index contributed by atoms with van der Waals surface area (Å²) < 4.78 is 0. The van der Waals surface area contributed by atoms with Crippen LogP contribution in [0.5, 0.6) is 0 Å². The maximum atomic E-state index is 12.6. The first-order valence-corrected chi connectivity index (χ1v) is 8.56. The van der Waals surface area contributed by atoms with Gasteiger partial charge in [0, 0.05) is 43.8 Å². The van der Waals surface area contributed by atoms with Gasteiger partial charge in [0.25, 0.3) is 11.8 Å². The minimum Gasteiger partial charge on any atom is -0.348 e. The average Bonchev–Trinajstić information content (AvgIpc) is 2.66. The van der Waals surface area contributed by atoms with Crippen LogP contribution in [0.1, 0.15) is 46.2 Å². The maximum absolute atomic E-state index is 12.6. The zero-order chi connectivity index (χ0) is 17.6. The zero-order valence-corrected chi connectivity index (χ0v) is 14.3. The van der Waals surface area contributed by atoms with Crippen molar-refractivity contribution < 1.29 is 9.59 Å². The van der Waals surface area contributed by atoms with Crippen molar-refractivity contribution in [3.8, 4) is 0 Å². The molecule has 1 aliphatic heterocycles. The molecule has 1 N–H and O–H groups in total. The summed E-state index contributed by atoms with van der Waals surface area (Å²) >= 11 is 0. The van der Waals surface area contributed by atoms with Gasteiger partial charge in [-0.3, -0.25) is 19.6 Å². The second-order valence-corrected chi connectivity index (χ2v) is 6.47. The molecule has 0 aliphatic carbocycles. The van der Waals surface area contributed by atoms with Crippen LogP contribution in [-0.2, 0) is 6.54 Å². The van der Waals surface area contributed by atoms with E-state index in [0.29, 0.717) is 23.7 Å². The summed E-state index contributed by atoms with van der Waals surface area (Å²) in [6.07, 6.45) is 7.07. The second-order valence-electron chi connectivity index (χ2n) is 6.47. The summed E-state index contributed by atoms with van der Waals surface area (Å²) in [4.78, 5) is 35.0. The lowest BCUT2D eigenvalue weighted by Gasteiger charge is -2.30. The van der Waals surface area contributed by atoms with Crippen molar-refractivity contribution in [1.82, 2.24) is 20.2 Å². The first-order valence-electron chi connectivity index (χ1n) is 8.56. The number of piperidine rings is 1. The molecular formula is C19H22N4O2. The molecule has 25 heavy (non-hydrogen) atoms. The van der Waals surface area contributed by atoms with Gasteiger partial charge in [-0.05, 0) is 42.5 Å². The zero-order valence-electron chi connectivity index (χ0n) is 14.3. The van der Waals surface area contributed by atoms with Crippen LogP contribution in [0.3, 0.4) is 0 Å². The van der Waals surface area contributed by atoms with E-state index in [-0.39, 0.29) is 11.8 Å². The topological polar surface area (TPSA) is 75.2 Å². The summed E-state index contributed by atoms with van der Waals surface area (Å²) in [5.74, 6) is 0.171. The molecular weight excluding hydrogens is 316 g/mol. The van der Waals surface area contributed by atoms with Gasteiger partial charge in [0.1, 0.15) is 5.69 Å². The minimum absolute atomic E-state index is 0.103. The number of nitrogens with zero attached hydrogens (tertiary/aromatic N) is 3. The van der Waals surface area contributed by atoms with Gasteiger partial charge in [-0.25, -0.2) is 0 Å². The molecule has 2 amide bonds. The number of pyridine rings is 2. The van der Waals surface area contributed by atoms with Crippen LogP contribution in [0.25, 0.3) is 0 Å². The Morgan fingerprint density at radius 1 is 1.32 bits per heavy atom. The fourth-order valence-corrected chi connectivity index (χ4v) is 3.01. The molecule has 130 valence electrons. The van der Waals surface area contributed by atoms with Crippen LogP contribution < -0.4 is 5.32 Å². The van der Waals surface area contributed by atoms with Gasteiger partial charge in [0.2, 0.25) is 0 Å². The highest BCUT2D eigenvalue weighted by Crippen LogP contribution is 2.17. The van der Waals surface area contributed by atoms with Crippen LogP contribution in [0.15, 0.2) is 42.9 Å². The summed E-state index contributed by atoms with van der Waals surface area (Å²) in [5, 5.41) is 2.84. The normalized spacial score (nSPS) is 17.2. The Morgan fingerprint density at radius 2 is 2.20 bits per heavy atom. The predicted octanol–water partition coefficient (Wildman–Crippen LogP) is 2.28. The first-order chi connectivity index (χ1) is 12.1. The van der Waals surface area contributed by atoms with Crippen molar-refractivity contribution in [3.63, 3.8) is 0 Å². The third-order valence-electron chi connectivity index (χ3n) is 4.36. The monoisotopic (exact) mass is 338 g/mol. The third-order valence-corrected chi connectivity index (χ3v) is 4.36. The van der Waals surface area contributed by atoms with Crippen molar-refractivity contribution in [2.75, 3.05) is 13.1 Å². The molecule has 0 aromatic carbocycles. The van der Waals surface area contributed by atoms with Gasteiger partial charge < -0.3 is 10.2 Å². The lowest BCUT2D eigenvalue weighted by atomic mass is 10.00. The molecule has 2 aromatic rings. The first kappa shape index (κ1) is 17.1. The summed E-state index contributed by atoms with van der Waals surface area (Å²) in [6.45, 7) is 4.04. The Balaban J connectivity index is 1.66. The Kier molecular flexibility index (Phi) is 5.38. The van der Waals surface area contributed by atoms with E-state index in [4.69, 9.17) is 0 Å². The number of hydrogen-bond donors (Lipinski definition) is 1. The third kappa shape index (κ3) is 4.41. The van der Waals surface area contributed by atoms with E-state index < -0.39 is 0 Å². The van der Waals surface area contributed by atoms with Gasteiger partial charge in [0.05, 0.1) is 0 Å². The molecule has 6 heteroatoms. The van der Waals surface area contributed by atoms with E-state index >= 15 is 0 Å². The molecule has 2 aromatic heterocycles. The highest BCUT2D eigenvalue weighted by Gasteiger charge is 2.23. The summed E-state index contributed by atoms with van der Waals surface area (Å²) in [7, 11) is 0. The quantitative estimate of drug-likeness (QED) is 0.928. The minimum atomic E-state index is -0.229. The molecule has 0 radical (unpaired) electrons. The van der Waals surface area contributed by atoms with Crippen molar-refractivity contribution in [2.45, 2.75) is 26.3 Å². The molecule has 0 spiro atoms. The van der Waals surface area contributed by atoms with E-state index in [1.807, 2.05) is 17.0 Å². The molecule has 6 nitrogen and oxygen atoms in total. The predicted molar refractivity (Wildman–Crippen MR) is 93.9 cm³/mol. The maximum Gasteiger partial charge on any atom is 0.272 e. The number of carbonyl (C=O) groups excluding carboxylic acids is 2. The van der Waals surface area contributed by atoms with E-state index in [9.17, 15) is 9.59 Å². The molecule has 3 heterocycles. The summed E-state index contributed by atoms with van der Waals surface area (Å²) in [5.41, 5.74) is 1.68. The number of nitrogens with one attached hydrogen (secondary N) is 1. The number of amides is 2. The number of rotatable bonds is 4. The average molecular weight is 338 g/mol. The summed E-state index contributed by atoms with van der Waals surface area (Å²) in [6, 6.07) is 6.91. The molecule has 1 unspecified atom stereocenters. The Hall–Kier alpha value is -2.76. The smallest absolute Gasteiger partial charge is 0.272 e. The highest BCUT2D eigenvalue weighted by molar-refractivity contribution is 5.98. The number of hydrogen-bond acceptors (Lipinski definition) is 4. The van der Waals surface area contributed by atoms with Crippen LogP contribution in [0.4, 0.5) is 0 Å². The van der Waals surface area contributed by atoms with Crippen LogP contribution in [0.2, 0.25) is 0 Å². The van der Waals surface area contributed by atoms with Crippen molar-refractivity contribution in [2.24, 2.45) is 5.92 Å². The lowest BCUT2D eigenvalue weighted by molar-refractivity contribution is 0.0677. The second kappa shape index (κ2) is 7.88. The standard InChI is InChI=1S/C19H22N4O2/c1-14-4-3-9-23(13-14)19(25)17-10-16(6-8-21-17)18(24)22-12-15-5-2-7-20-11-15/h2,5-8,10-11,14H,3-4,9,12-13H2,1H3,(H,22,24). The molecule has 1 aliphatic rings. The Bertz CT molecular complexity index is 748. The molecule has 1 atom stereocenters. The van der Waals surface area contributed by atoms with E-state index in [1.54, 1.807) is 24.5 Å². The van der Waals surface area contributed by atoms with Crippen LogP contribution in [-0.4, -0.2) is 39.8 Å². The Labute approximate surface area is 147 Å². The van der Waals surface area contributed by atoms with E-state index in [1.165, 1.54) is 6.20 Å². The van der Waals surface area contributed by atoms with E-state index in [0.717, 1.165) is 31.5 Å². The number of carbonyl (C=O) groups is 2. The van der Waals surface area contributed by atoms with Gasteiger partial charge in [-0.1, -0.05) is 13.0 Å². The highest BCUT2D eigenvalue weighted by atomic mass is 16.2. The lowest BCUT2D eigenvalue weighted by Crippen LogP contribution is -2.39. The van der Waals surface area contributed by atoms with Crippen LogP contribution >= 0.6 is 0 Å². The number of likely N-dealkylation sites (tertiary alicyclic amines) is 1. The van der Waals surface area contributed by atoms with Gasteiger partial charge in [0.15, 0.2) is 0 Å². The van der Waals surface area contributed by atoms with Gasteiger partial charge >= 0.3 is 0 Å². The van der Waals surface area contributed by atoms with Crippen molar-refractivity contribution in [1.29, 1.82) is 0 Å². The van der Waals surface area contributed by atoms with Crippen molar-refractivity contribution in [3.05, 3.63) is 59.7 Å². The van der Waals surface area contributed by atoms with Gasteiger partial charge in [-0.2, -0.15) is 0 Å². The molecule has 1 saturated heterocycles. The fourth-order valence-electron chi connectivity index (χ4n) is 3.01. The molecule has 1 fully saturated rings. The SMILES string of the molecule is CC1CCCN(C(=O)c2cc(C(=O)NCc3cccnc3)ccn2)C1. The molecule has 3 rings (SSSR count). The fraction of sp³-hybridized carbons (Fsp3) is 0.368. The molecule has 0 saturated carbocycles. The largest absolute Gasteiger partial charge is 0.348 e. The molecule has 0 bridgehead atoms. The van der Waals surface area contributed by atoms with Crippen molar-refractivity contribution >= 4 is 11.8 Å². The van der Waals surface area contributed by atoms with Crippen LogP contribution in [0, 0.1) is 5.92 Å². The number of aromatic nitrogens is 2.